The molecule has 1 fully saturated rings. The summed E-state index contributed by atoms with van der Waals surface area (Å²) >= 11 is 0. The topological polar surface area (TPSA) is 29.3 Å². The highest BCUT2D eigenvalue weighted by atomic mass is 15.1. The van der Waals surface area contributed by atoms with Gasteiger partial charge in [0.15, 0.2) is 0 Å². The van der Waals surface area contributed by atoms with Gasteiger partial charge in [0.1, 0.15) is 0 Å². The summed E-state index contributed by atoms with van der Waals surface area (Å²) in [6.07, 6.45) is 3.90. The van der Waals surface area contributed by atoms with Crippen LogP contribution < -0.4 is 5.73 Å². The highest BCUT2D eigenvalue weighted by Gasteiger charge is 2.28. The first-order valence-corrected chi connectivity index (χ1v) is 5.98. The minimum Gasteiger partial charge on any atom is -0.327 e. The van der Waals surface area contributed by atoms with Crippen LogP contribution in [0, 0.1) is 11.8 Å². The first-order chi connectivity index (χ1) is 6.52. The SMILES string of the molecule is CC(C)C(C)N(C)CCC(N)C1CC1. The average Bonchev–Trinajstić information content (AvgIpc) is 2.95. The van der Waals surface area contributed by atoms with E-state index in [4.69, 9.17) is 5.73 Å². The van der Waals surface area contributed by atoms with Gasteiger partial charge in [-0.1, -0.05) is 13.8 Å². The molecule has 2 unspecified atom stereocenters. The van der Waals surface area contributed by atoms with Crippen molar-refractivity contribution in [3.63, 3.8) is 0 Å². The maximum absolute atomic E-state index is 6.08. The zero-order chi connectivity index (χ0) is 10.7. The Labute approximate surface area is 88.8 Å². The molecule has 0 aromatic carbocycles. The van der Waals surface area contributed by atoms with E-state index >= 15 is 0 Å². The highest BCUT2D eigenvalue weighted by molar-refractivity contribution is 4.84. The summed E-state index contributed by atoms with van der Waals surface area (Å²) in [6, 6.07) is 1.12. The zero-order valence-corrected chi connectivity index (χ0v) is 10.2. The van der Waals surface area contributed by atoms with Crippen LogP contribution in [-0.4, -0.2) is 30.6 Å². The van der Waals surface area contributed by atoms with Crippen LogP contribution in [-0.2, 0) is 0 Å². The predicted octanol–water partition coefficient (Wildman–Crippen LogP) is 2.09. The summed E-state index contributed by atoms with van der Waals surface area (Å²) in [5.41, 5.74) is 6.08. The summed E-state index contributed by atoms with van der Waals surface area (Å²) in [4.78, 5) is 2.44. The first-order valence-electron chi connectivity index (χ1n) is 5.98. The van der Waals surface area contributed by atoms with E-state index in [1.165, 1.54) is 12.8 Å². The molecular formula is C12H26N2. The summed E-state index contributed by atoms with van der Waals surface area (Å²) in [7, 11) is 2.21. The highest BCUT2D eigenvalue weighted by Crippen LogP contribution is 2.32. The molecule has 0 saturated heterocycles. The van der Waals surface area contributed by atoms with Crippen molar-refractivity contribution < 1.29 is 0 Å². The lowest BCUT2D eigenvalue weighted by molar-refractivity contribution is 0.200. The molecule has 1 rings (SSSR count). The molecule has 2 atom stereocenters. The molecule has 1 aliphatic rings. The molecule has 2 heteroatoms. The minimum absolute atomic E-state index is 0.455. The molecule has 1 saturated carbocycles. The fraction of sp³-hybridized carbons (Fsp3) is 1.00. The number of hydrogen-bond acceptors (Lipinski definition) is 2. The van der Waals surface area contributed by atoms with E-state index in [1.54, 1.807) is 0 Å². The third kappa shape index (κ3) is 3.58. The van der Waals surface area contributed by atoms with Gasteiger partial charge in [-0.05, 0) is 51.6 Å². The van der Waals surface area contributed by atoms with Gasteiger partial charge >= 0.3 is 0 Å². The summed E-state index contributed by atoms with van der Waals surface area (Å²) in [5.74, 6) is 1.58. The van der Waals surface area contributed by atoms with Gasteiger partial charge in [0.2, 0.25) is 0 Å². The van der Waals surface area contributed by atoms with Crippen LogP contribution in [0.3, 0.4) is 0 Å². The molecular weight excluding hydrogens is 172 g/mol. The van der Waals surface area contributed by atoms with E-state index in [2.05, 4.69) is 32.7 Å². The third-order valence-corrected chi connectivity index (χ3v) is 3.70. The van der Waals surface area contributed by atoms with Gasteiger partial charge < -0.3 is 10.6 Å². The van der Waals surface area contributed by atoms with E-state index in [1.807, 2.05) is 0 Å². The van der Waals surface area contributed by atoms with Crippen molar-refractivity contribution in [1.82, 2.24) is 4.90 Å². The van der Waals surface area contributed by atoms with E-state index < -0.39 is 0 Å². The fourth-order valence-corrected chi connectivity index (χ4v) is 1.83. The van der Waals surface area contributed by atoms with Crippen molar-refractivity contribution in [3.05, 3.63) is 0 Å². The van der Waals surface area contributed by atoms with Crippen molar-refractivity contribution in [2.45, 2.75) is 52.1 Å². The van der Waals surface area contributed by atoms with E-state index in [9.17, 15) is 0 Å². The molecule has 1 aliphatic carbocycles. The lowest BCUT2D eigenvalue weighted by atomic mass is 10.0. The summed E-state index contributed by atoms with van der Waals surface area (Å²) < 4.78 is 0. The normalized spacial score (nSPS) is 21.6. The van der Waals surface area contributed by atoms with Gasteiger partial charge in [-0.2, -0.15) is 0 Å². The largest absolute Gasteiger partial charge is 0.327 e. The average molecular weight is 198 g/mol. The Morgan fingerprint density at radius 2 is 1.86 bits per heavy atom. The Balaban J connectivity index is 2.15. The zero-order valence-electron chi connectivity index (χ0n) is 10.2. The molecule has 84 valence electrons. The second kappa shape index (κ2) is 5.13. The van der Waals surface area contributed by atoms with Crippen LogP contribution in [0.1, 0.15) is 40.0 Å². The molecule has 0 radical (unpaired) electrons. The molecule has 0 aliphatic heterocycles. The van der Waals surface area contributed by atoms with Gasteiger partial charge in [-0.3, -0.25) is 0 Å². The van der Waals surface area contributed by atoms with Gasteiger partial charge in [0.05, 0.1) is 0 Å². The molecule has 14 heavy (non-hydrogen) atoms. The smallest absolute Gasteiger partial charge is 0.00868 e. The Morgan fingerprint density at radius 1 is 1.29 bits per heavy atom. The van der Waals surface area contributed by atoms with E-state index in [-0.39, 0.29) is 0 Å². The molecule has 0 bridgehead atoms. The Morgan fingerprint density at radius 3 is 2.29 bits per heavy atom. The molecule has 0 heterocycles. The molecule has 2 nitrogen and oxygen atoms in total. The van der Waals surface area contributed by atoms with Crippen molar-refractivity contribution in [3.8, 4) is 0 Å². The molecule has 2 N–H and O–H groups in total. The number of nitrogens with two attached hydrogens (primary N) is 1. The second-order valence-corrected chi connectivity index (χ2v) is 5.26. The number of nitrogens with zero attached hydrogens (tertiary/aromatic N) is 1. The lowest BCUT2D eigenvalue weighted by Crippen LogP contribution is -2.37. The molecule has 0 amide bonds. The maximum Gasteiger partial charge on any atom is 0.00868 e. The minimum atomic E-state index is 0.455. The van der Waals surface area contributed by atoms with Gasteiger partial charge in [0, 0.05) is 12.1 Å². The molecule has 0 aromatic heterocycles. The van der Waals surface area contributed by atoms with Crippen LogP contribution in [0.4, 0.5) is 0 Å². The summed E-state index contributed by atoms with van der Waals surface area (Å²) in [5, 5.41) is 0. The van der Waals surface area contributed by atoms with E-state index in [0.29, 0.717) is 12.1 Å². The van der Waals surface area contributed by atoms with Crippen LogP contribution in [0.5, 0.6) is 0 Å². The fourth-order valence-electron chi connectivity index (χ4n) is 1.83. The first kappa shape index (κ1) is 12.0. The third-order valence-electron chi connectivity index (χ3n) is 3.70. The number of hydrogen-bond donors (Lipinski definition) is 1. The van der Waals surface area contributed by atoms with Crippen molar-refractivity contribution in [1.29, 1.82) is 0 Å². The van der Waals surface area contributed by atoms with Crippen molar-refractivity contribution >= 4 is 0 Å². The van der Waals surface area contributed by atoms with Crippen LogP contribution >= 0.6 is 0 Å². The standard InChI is InChI=1S/C12H26N2/c1-9(2)10(3)14(4)8-7-12(13)11-5-6-11/h9-12H,5-8,13H2,1-4H3. The van der Waals surface area contributed by atoms with Crippen molar-refractivity contribution in [2.75, 3.05) is 13.6 Å². The Bertz CT molecular complexity index is 164. The maximum atomic E-state index is 6.08. The molecule has 0 aromatic rings. The summed E-state index contributed by atoms with van der Waals surface area (Å²) in [6.45, 7) is 8.01. The molecule has 0 spiro atoms. The number of rotatable bonds is 6. The lowest BCUT2D eigenvalue weighted by Gasteiger charge is -2.28. The van der Waals surface area contributed by atoms with Gasteiger partial charge in [-0.25, -0.2) is 0 Å². The quantitative estimate of drug-likeness (QED) is 0.708. The van der Waals surface area contributed by atoms with Crippen LogP contribution in [0.15, 0.2) is 0 Å². The van der Waals surface area contributed by atoms with Gasteiger partial charge in [-0.15, -0.1) is 0 Å². The second-order valence-electron chi connectivity index (χ2n) is 5.26. The van der Waals surface area contributed by atoms with Crippen molar-refractivity contribution in [2.24, 2.45) is 17.6 Å². The van der Waals surface area contributed by atoms with Crippen LogP contribution in [0.25, 0.3) is 0 Å². The van der Waals surface area contributed by atoms with Crippen LogP contribution in [0.2, 0.25) is 0 Å². The van der Waals surface area contributed by atoms with E-state index in [0.717, 1.165) is 24.8 Å². The Hall–Kier alpha value is -0.0800. The van der Waals surface area contributed by atoms with Gasteiger partial charge in [0.25, 0.3) is 0 Å². The Kier molecular flexibility index (Phi) is 4.39. The predicted molar refractivity (Wildman–Crippen MR) is 62.2 cm³/mol. The monoisotopic (exact) mass is 198 g/mol.